The van der Waals surface area contributed by atoms with Gasteiger partial charge in [0, 0.05) is 13.0 Å². The van der Waals surface area contributed by atoms with Crippen LogP contribution in [0.3, 0.4) is 0 Å². The van der Waals surface area contributed by atoms with Crippen LogP contribution in [0.25, 0.3) is 0 Å². The summed E-state index contributed by atoms with van der Waals surface area (Å²) >= 11 is 0. The van der Waals surface area contributed by atoms with Crippen LogP contribution < -0.4 is 0 Å². The Hall–Kier alpha value is -0.803. The molecule has 1 aromatic rings. The fraction of sp³-hybridized carbons (Fsp3) is 0.684. The lowest BCUT2D eigenvalue weighted by atomic mass is 9.99. The minimum Gasteiger partial charge on any atom is -0.469 e. The zero-order valence-electron chi connectivity index (χ0n) is 15.5. The molecule has 0 radical (unpaired) electrons. The average Bonchev–Trinajstić information content (AvgIpc) is 2.91. The van der Waals surface area contributed by atoms with Crippen molar-refractivity contribution in [2.75, 3.05) is 6.61 Å². The SMILES string of the molecule is C/C(=C\CCc1ccco1)CCO[Si](C)(C)C(C)(C)C(C)C. The summed E-state index contributed by atoms with van der Waals surface area (Å²) in [4.78, 5) is 0. The van der Waals surface area contributed by atoms with Crippen LogP contribution in [0.5, 0.6) is 0 Å². The lowest BCUT2D eigenvalue weighted by Crippen LogP contribution is -2.45. The van der Waals surface area contributed by atoms with E-state index in [2.05, 4.69) is 53.8 Å². The highest BCUT2D eigenvalue weighted by Gasteiger charge is 2.42. The van der Waals surface area contributed by atoms with E-state index >= 15 is 0 Å². The lowest BCUT2D eigenvalue weighted by molar-refractivity contribution is 0.270. The zero-order valence-corrected chi connectivity index (χ0v) is 16.5. The standard InChI is InChI=1S/C19H34O2Si/c1-16(2)19(4,5)22(6,7)21-15-13-17(3)10-8-11-18-12-9-14-20-18/h9-10,12,14,16H,8,11,13,15H2,1-7H3/b17-10+. The van der Waals surface area contributed by atoms with E-state index in [1.54, 1.807) is 6.26 Å². The number of rotatable bonds is 9. The Balaban J connectivity index is 2.36. The predicted molar refractivity (Wildman–Crippen MR) is 97.7 cm³/mol. The van der Waals surface area contributed by atoms with Crippen molar-refractivity contribution in [1.29, 1.82) is 0 Å². The minimum absolute atomic E-state index is 0.296. The molecule has 1 aromatic heterocycles. The van der Waals surface area contributed by atoms with Crippen molar-refractivity contribution in [2.24, 2.45) is 5.92 Å². The first-order chi connectivity index (χ1) is 10.2. The quantitative estimate of drug-likeness (QED) is 0.398. The van der Waals surface area contributed by atoms with Crippen LogP contribution in [0.2, 0.25) is 18.1 Å². The Labute approximate surface area is 138 Å². The first-order valence-corrected chi connectivity index (χ1v) is 11.4. The van der Waals surface area contributed by atoms with Crippen molar-refractivity contribution in [3.63, 3.8) is 0 Å². The second-order valence-electron chi connectivity index (χ2n) is 7.65. The van der Waals surface area contributed by atoms with E-state index in [0.29, 0.717) is 11.0 Å². The van der Waals surface area contributed by atoms with Crippen molar-refractivity contribution in [2.45, 2.75) is 72.0 Å². The summed E-state index contributed by atoms with van der Waals surface area (Å²) in [6.07, 6.45) is 7.10. The van der Waals surface area contributed by atoms with Crippen molar-refractivity contribution in [1.82, 2.24) is 0 Å². The zero-order chi connectivity index (χ0) is 16.8. The molecule has 22 heavy (non-hydrogen) atoms. The van der Waals surface area contributed by atoms with Gasteiger partial charge in [0.15, 0.2) is 8.32 Å². The summed E-state index contributed by atoms with van der Waals surface area (Å²) in [5.74, 6) is 1.71. The van der Waals surface area contributed by atoms with Gasteiger partial charge >= 0.3 is 0 Å². The third-order valence-electron chi connectivity index (χ3n) is 5.42. The van der Waals surface area contributed by atoms with Gasteiger partial charge in [-0.1, -0.05) is 39.3 Å². The normalized spacial score (nSPS) is 13.9. The molecule has 0 saturated carbocycles. The van der Waals surface area contributed by atoms with Gasteiger partial charge in [0.25, 0.3) is 0 Å². The third kappa shape index (κ3) is 5.44. The average molecular weight is 323 g/mol. The van der Waals surface area contributed by atoms with Gasteiger partial charge in [0.1, 0.15) is 5.76 Å². The molecule has 0 atom stereocenters. The summed E-state index contributed by atoms with van der Waals surface area (Å²) in [6, 6.07) is 3.98. The van der Waals surface area contributed by atoms with Crippen LogP contribution in [0.4, 0.5) is 0 Å². The van der Waals surface area contributed by atoms with E-state index in [1.807, 2.05) is 12.1 Å². The van der Waals surface area contributed by atoms with Gasteiger partial charge in [-0.15, -0.1) is 0 Å². The first kappa shape index (κ1) is 19.2. The van der Waals surface area contributed by atoms with Crippen LogP contribution in [0, 0.1) is 5.92 Å². The molecule has 0 unspecified atom stereocenters. The van der Waals surface area contributed by atoms with Gasteiger partial charge in [0.2, 0.25) is 0 Å². The van der Waals surface area contributed by atoms with Gasteiger partial charge in [0.05, 0.1) is 6.26 Å². The monoisotopic (exact) mass is 322 g/mol. The second-order valence-corrected chi connectivity index (χ2v) is 12.3. The van der Waals surface area contributed by atoms with E-state index < -0.39 is 8.32 Å². The number of hydrogen-bond acceptors (Lipinski definition) is 2. The number of furan rings is 1. The first-order valence-electron chi connectivity index (χ1n) is 8.49. The van der Waals surface area contributed by atoms with E-state index in [0.717, 1.165) is 31.6 Å². The molecular weight excluding hydrogens is 288 g/mol. The lowest BCUT2D eigenvalue weighted by Gasteiger charge is -2.42. The van der Waals surface area contributed by atoms with Gasteiger partial charge in [-0.3, -0.25) is 0 Å². The van der Waals surface area contributed by atoms with E-state index in [-0.39, 0.29) is 0 Å². The Morgan fingerprint density at radius 1 is 1.36 bits per heavy atom. The summed E-state index contributed by atoms with van der Waals surface area (Å²) in [5.41, 5.74) is 1.42. The molecule has 3 heteroatoms. The molecule has 0 fully saturated rings. The van der Waals surface area contributed by atoms with Crippen molar-refractivity contribution < 1.29 is 8.84 Å². The van der Waals surface area contributed by atoms with Crippen molar-refractivity contribution in [3.8, 4) is 0 Å². The molecule has 126 valence electrons. The maximum absolute atomic E-state index is 6.36. The Kier molecular flexibility index (Phi) is 7.14. The van der Waals surface area contributed by atoms with E-state index in [9.17, 15) is 0 Å². The maximum atomic E-state index is 6.36. The Morgan fingerprint density at radius 3 is 2.59 bits per heavy atom. The molecule has 0 saturated heterocycles. The predicted octanol–water partition coefficient (Wildman–Crippen LogP) is 6.21. The second kappa shape index (κ2) is 8.16. The largest absolute Gasteiger partial charge is 0.469 e. The smallest absolute Gasteiger partial charge is 0.192 e. The van der Waals surface area contributed by atoms with Gasteiger partial charge in [-0.05, 0) is 55.9 Å². The van der Waals surface area contributed by atoms with Gasteiger partial charge < -0.3 is 8.84 Å². The highest BCUT2D eigenvalue weighted by atomic mass is 28.4. The summed E-state index contributed by atoms with van der Waals surface area (Å²) in [6.45, 7) is 17.1. The van der Waals surface area contributed by atoms with Crippen LogP contribution in [0.15, 0.2) is 34.5 Å². The van der Waals surface area contributed by atoms with Crippen molar-refractivity contribution in [3.05, 3.63) is 35.8 Å². The molecule has 0 aromatic carbocycles. The summed E-state index contributed by atoms with van der Waals surface area (Å²) < 4.78 is 11.7. The molecule has 2 nitrogen and oxygen atoms in total. The Morgan fingerprint density at radius 2 is 2.05 bits per heavy atom. The molecule has 0 bridgehead atoms. The van der Waals surface area contributed by atoms with E-state index in [4.69, 9.17) is 8.84 Å². The maximum Gasteiger partial charge on any atom is 0.192 e. The minimum atomic E-state index is -1.68. The molecule has 1 heterocycles. The van der Waals surface area contributed by atoms with Gasteiger partial charge in [-0.2, -0.15) is 0 Å². The molecule has 0 aliphatic carbocycles. The summed E-state index contributed by atoms with van der Waals surface area (Å²) in [5, 5.41) is 0.296. The summed E-state index contributed by atoms with van der Waals surface area (Å²) in [7, 11) is -1.68. The van der Waals surface area contributed by atoms with Crippen LogP contribution >= 0.6 is 0 Å². The molecule has 0 N–H and O–H groups in total. The third-order valence-corrected chi connectivity index (χ3v) is 10.0. The van der Waals surface area contributed by atoms with E-state index in [1.165, 1.54) is 5.57 Å². The highest BCUT2D eigenvalue weighted by Crippen LogP contribution is 2.44. The Bertz CT molecular complexity index is 456. The van der Waals surface area contributed by atoms with Crippen LogP contribution in [-0.2, 0) is 10.8 Å². The highest BCUT2D eigenvalue weighted by molar-refractivity contribution is 6.74. The molecular formula is C19H34O2Si. The topological polar surface area (TPSA) is 22.4 Å². The fourth-order valence-corrected chi connectivity index (χ4v) is 4.74. The molecule has 0 aliphatic heterocycles. The van der Waals surface area contributed by atoms with Crippen LogP contribution in [0.1, 0.15) is 53.2 Å². The van der Waals surface area contributed by atoms with Crippen LogP contribution in [-0.4, -0.2) is 14.9 Å². The van der Waals surface area contributed by atoms with Crippen molar-refractivity contribution >= 4 is 8.32 Å². The van der Waals surface area contributed by atoms with Gasteiger partial charge in [-0.25, -0.2) is 0 Å². The fourth-order valence-electron chi connectivity index (χ4n) is 2.37. The molecule has 0 aliphatic rings. The number of hydrogen-bond donors (Lipinski definition) is 0. The molecule has 0 amide bonds. The molecule has 0 spiro atoms. The number of allylic oxidation sites excluding steroid dienone is 1. The molecule has 1 rings (SSSR count). The number of aryl methyl sites for hydroxylation is 1.